The Balaban J connectivity index is 2.02. The molecule has 1 aliphatic heterocycles. The summed E-state index contributed by atoms with van der Waals surface area (Å²) < 4.78 is 11.1. The van der Waals surface area contributed by atoms with Crippen LogP contribution in [0.4, 0.5) is 0 Å². The maximum atomic E-state index is 12.9. The monoisotopic (exact) mass is 477 g/mol. The SMILES string of the molecule is CC(C)CCOC(=O)CC1C(=O)NCCN1C(=S)NC(=O)c1ccccc1OCCC(C)C. The lowest BCUT2D eigenvalue weighted by Crippen LogP contribution is -2.60. The number of benzene rings is 1. The highest BCUT2D eigenvalue weighted by Gasteiger charge is 2.34. The van der Waals surface area contributed by atoms with Crippen LogP contribution in [0.3, 0.4) is 0 Å². The molecule has 1 atom stereocenters. The molecule has 9 heteroatoms. The van der Waals surface area contributed by atoms with E-state index in [1.165, 1.54) is 0 Å². The number of amides is 2. The van der Waals surface area contributed by atoms with Gasteiger partial charge in [0.05, 0.1) is 25.2 Å². The van der Waals surface area contributed by atoms with Gasteiger partial charge in [-0.15, -0.1) is 0 Å². The minimum atomic E-state index is -0.837. The molecule has 1 aromatic rings. The minimum Gasteiger partial charge on any atom is -0.493 e. The van der Waals surface area contributed by atoms with Crippen LogP contribution in [-0.4, -0.2) is 60.1 Å². The summed E-state index contributed by atoms with van der Waals surface area (Å²) in [4.78, 5) is 39.2. The van der Waals surface area contributed by atoms with Gasteiger partial charge in [0.1, 0.15) is 11.8 Å². The summed E-state index contributed by atoms with van der Waals surface area (Å²) in [6, 6.07) is 6.11. The molecule has 2 N–H and O–H groups in total. The van der Waals surface area contributed by atoms with Crippen molar-refractivity contribution in [1.29, 1.82) is 0 Å². The van der Waals surface area contributed by atoms with E-state index < -0.39 is 17.9 Å². The van der Waals surface area contributed by atoms with Gasteiger partial charge in [-0.3, -0.25) is 19.7 Å². The Bertz CT molecular complexity index is 843. The number of hydrogen-bond acceptors (Lipinski definition) is 6. The molecule has 0 aliphatic carbocycles. The Morgan fingerprint density at radius 3 is 2.52 bits per heavy atom. The van der Waals surface area contributed by atoms with Crippen LogP contribution in [0.15, 0.2) is 24.3 Å². The fourth-order valence-corrected chi connectivity index (χ4v) is 3.52. The summed E-state index contributed by atoms with van der Waals surface area (Å²) in [6.45, 7) is 9.83. The van der Waals surface area contributed by atoms with Crippen molar-refractivity contribution < 1.29 is 23.9 Å². The van der Waals surface area contributed by atoms with Gasteiger partial charge < -0.3 is 19.7 Å². The normalized spacial score (nSPS) is 15.9. The van der Waals surface area contributed by atoms with E-state index in [-0.39, 0.29) is 17.4 Å². The molecule has 0 saturated carbocycles. The first kappa shape index (κ1) is 26.6. The number of carbonyl (C=O) groups excluding carboxylic acids is 3. The van der Waals surface area contributed by atoms with Crippen molar-refractivity contribution in [2.45, 2.75) is 53.0 Å². The van der Waals surface area contributed by atoms with Gasteiger partial charge in [0, 0.05) is 13.1 Å². The molecule has 2 rings (SSSR count). The summed E-state index contributed by atoms with van der Waals surface area (Å²) in [7, 11) is 0. The number of rotatable bonds is 10. The highest BCUT2D eigenvalue weighted by Crippen LogP contribution is 2.19. The molecular weight excluding hydrogens is 442 g/mol. The first-order valence-corrected chi connectivity index (χ1v) is 11.9. The number of nitrogens with one attached hydrogen (secondary N) is 2. The third-order valence-electron chi connectivity index (χ3n) is 5.21. The molecule has 0 aromatic heterocycles. The van der Waals surface area contributed by atoms with Crippen molar-refractivity contribution in [3.63, 3.8) is 0 Å². The number of esters is 1. The Kier molecular flexibility index (Phi) is 10.6. The van der Waals surface area contributed by atoms with Crippen LogP contribution in [0.1, 0.15) is 57.3 Å². The number of piperazine rings is 1. The van der Waals surface area contributed by atoms with Crippen molar-refractivity contribution in [3.8, 4) is 5.75 Å². The molecule has 33 heavy (non-hydrogen) atoms. The van der Waals surface area contributed by atoms with Gasteiger partial charge in [0.2, 0.25) is 5.91 Å². The van der Waals surface area contributed by atoms with Gasteiger partial charge in [-0.05, 0) is 49.0 Å². The van der Waals surface area contributed by atoms with Gasteiger partial charge >= 0.3 is 5.97 Å². The fourth-order valence-electron chi connectivity index (χ4n) is 3.21. The van der Waals surface area contributed by atoms with Crippen molar-refractivity contribution in [2.75, 3.05) is 26.3 Å². The second-order valence-electron chi connectivity index (χ2n) is 8.89. The second kappa shape index (κ2) is 13.1. The first-order chi connectivity index (χ1) is 15.7. The molecular formula is C24H35N3O5S. The molecule has 1 aromatic carbocycles. The Labute approximate surface area is 201 Å². The molecule has 0 radical (unpaired) electrons. The second-order valence-corrected chi connectivity index (χ2v) is 9.28. The lowest BCUT2D eigenvalue weighted by atomic mass is 10.1. The van der Waals surface area contributed by atoms with E-state index in [9.17, 15) is 14.4 Å². The summed E-state index contributed by atoms with van der Waals surface area (Å²) >= 11 is 5.44. The van der Waals surface area contributed by atoms with E-state index in [0.29, 0.717) is 49.5 Å². The number of hydrogen-bond donors (Lipinski definition) is 2. The maximum Gasteiger partial charge on any atom is 0.308 e. The third kappa shape index (κ3) is 8.64. The van der Waals surface area contributed by atoms with E-state index in [1.807, 2.05) is 13.8 Å². The van der Waals surface area contributed by atoms with E-state index in [2.05, 4.69) is 24.5 Å². The van der Waals surface area contributed by atoms with E-state index >= 15 is 0 Å². The first-order valence-electron chi connectivity index (χ1n) is 11.5. The molecule has 1 unspecified atom stereocenters. The van der Waals surface area contributed by atoms with Gasteiger partial charge in [-0.2, -0.15) is 0 Å². The predicted molar refractivity (Wildman–Crippen MR) is 130 cm³/mol. The van der Waals surface area contributed by atoms with Crippen LogP contribution in [-0.2, 0) is 14.3 Å². The van der Waals surface area contributed by atoms with Crippen molar-refractivity contribution in [3.05, 3.63) is 29.8 Å². The molecule has 1 saturated heterocycles. The van der Waals surface area contributed by atoms with Gasteiger partial charge in [0.15, 0.2) is 5.11 Å². The van der Waals surface area contributed by atoms with Crippen LogP contribution in [0.25, 0.3) is 0 Å². The average molecular weight is 478 g/mol. The smallest absolute Gasteiger partial charge is 0.308 e. The van der Waals surface area contributed by atoms with Crippen LogP contribution in [0.2, 0.25) is 0 Å². The Morgan fingerprint density at radius 2 is 1.82 bits per heavy atom. The number of ether oxygens (including phenoxy) is 2. The number of nitrogens with zero attached hydrogens (tertiary/aromatic N) is 1. The zero-order chi connectivity index (χ0) is 24.4. The summed E-state index contributed by atoms with van der Waals surface area (Å²) in [5, 5.41) is 5.53. The third-order valence-corrected chi connectivity index (χ3v) is 5.55. The van der Waals surface area contributed by atoms with Gasteiger partial charge in [-0.1, -0.05) is 39.8 Å². The van der Waals surface area contributed by atoms with Crippen LogP contribution in [0.5, 0.6) is 5.75 Å². The fraction of sp³-hybridized carbons (Fsp3) is 0.583. The largest absolute Gasteiger partial charge is 0.493 e. The molecule has 8 nitrogen and oxygen atoms in total. The van der Waals surface area contributed by atoms with Crippen molar-refractivity contribution >= 4 is 35.1 Å². The quantitative estimate of drug-likeness (QED) is 0.395. The lowest BCUT2D eigenvalue weighted by Gasteiger charge is -2.36. The molecule has 1 fully saturated rings. The topological polar surface area (TPSA) is 97.0 Å². The van der Waals surface area contributed by atoms with Crippen LogP contribution in [0, 0.1) is 11.8 Å². The van der Waals surface area contributed by atoms with Crippen molar-refractivity contribution in [1.82, 2.24) is 15.5 Å². The Morgan fingerprint density at radius 1 is 1.15 bits per heavy atom. The summed E-state index contributed by atoms with van der Waals surface area (Å²) in [5.74, 6) is 0.145. The minimum absolute atomic E-state index is 0.0896. The van der Waals surface area contributed by atoms with Crippen LogP contribution >= 0.6 is 12.2 Å². The highest BCUT2D eigenvalue weighted by molar-refractivity contribution is 7.80. The number of thiocarbonyl (C=S) groups is 1. The average Bonchev–Trinajstić information content (AvgIpc) is 2.74. The molecule has 1 aliphatic rings. The number of para-hydroxylation sites is 1. The van der Waals surface area contributed by atoms with Crippen molar-refractivity contribution in [2.24, 2.45) is 11.8 Å². The van der Waals surface area contributed by atoms with Crippen LogP contribution < -0.4 is 15.4 Å². The molecule has 0 bridgehead atoms. The molecule has 0 spiro atoms. The lowest BCUT2D eigenvalue weighted by molar-refractivity contribution is -0.147. The molecule has 1 heterocycles. The molecule has 2 amide bonds. The predicted octanol–water partition coefficient (Wildman–Crippen LogP) is 2.91. The summed E-state index contributed by atoms with van der Waals surface area (Å²) in [6.07, 6.45) is 1.47. The Hall–Kier alpha value is -2.68. The van der Waals surface area contributed by atoms with E-state index in [1.54, 1.807) is 29.2 Å². The van der Waals surface area contributed by atoms with Gasteiger partial charge in [-0.25, -0.2) is 0 Å². The standard InChI is InChI=1S/C24H35N3O5S/c1-16(2)9-13-31-20-8-6-5-7-18(20)22(29)26-24(33)27-12-11-25-23(30)19(27)15-21(28)32-14-10-17(3)4/h5-8,16-17,19H,9-15H2,1-4H3,(H,25,30)(H,26,29,33). The zero-order valence-electron chi connectivity index (χ0n) is 19.9. The van der Waals surface area contributed by atoms with Gasteiger partial charge in [0.25, 0.3) is 5.91 Å². The zero-order valence-corrected chi connectivity index (χ0v) is 20.7. The number of carbonyl (C=O) groups is 3. The van der Waals surface area contributed by atoms with E-state index in [0.717, 1.165) is 12.8 Å². The van der Waals surface area contributed by atoms with E-state index in [4.69, 9.17) is 21.7 Å². The molecule has 182 valence electrons. The highest BCUT2D eigenvalue weighted by atomic mass is 32.1. The summed E-state index contributed by atoms with van der Waals surface area (Å²) in [5.41, 5.74) is 0.356. The maximum absolute atomic E-state index is 12.9.